The van der Waals surface area contributed by atoms with Crippen LogP contribution >= 0.6 is 34.7 Å². The summed E-state index contributed by atoms with van der Waals surface area (Å²) >= 11 is 8.57. The standard InChI is InChI=1S/C19H21ClN6O2S2/c1-10-12(3)30-18(22-10)23-15(27)9-29-19-25-24-16(26(19)4)11(2)21-17(28)13-5-7-14(20)8-6-13/h5-8,11H,9H2,1-4H3,(H,21,28)(H,22,23,27)/t11-/m1/s1. The lowest BCUT2D eigenvalue weighted by molar-refractivity contribution is -0.113. The Balaban J connectivity index is 1.57. The maximum absolute atomic E-state index is 12.4. The van der Waals surface area contributed by atoms with Gasteiger partial charge in [0, 0.05) is 22.5 Å². The Morgan fingerprint density at radius 3 is 2.57 bits per heavy atom. The van der Waals surface area contributed by atoms with Gasteiger partial charge in [-0.25, -0.2) is 4.98 Å². The van der Waals surface area contributed by atoms with E-state index in [1.807, 2.05) is 20.8 Å². The van der Waals surface area contributed by atoms with Gasteiger partial charge in [0.15, 0.2) is 16.1 Å². The number of aryl methyl sites for hydroxylation is 2. The van der Waals surface area contributed by atoms with Crippen LogP contribution in [0.2, 0.25) is 5.02 Å². The minimum absolute atomic E-state index is 0.164. The molecule has 11 heteroatoms. The first-order valence-electron chi connectivity index (χ1n) is 9.07. The van der Waals surface area contributed by atoms with Crippen LogP contribution in [0.15, 0.2) is 29.4 Å². The Morgan fingerprint density at radius 2 is 1.93 bits per heavy atom. The minimum atomic E-state index is -0.366. The van der Waals surface area contributed by atoms with Gasteiger partial charge in [-0.05, 0) is 45.0 Å². The van der Waals surface area contributed by atoms with E-state index >= 15 is 0 Å². The van der Waals surface area contributed by atoms with Crippen molar-refractivity contribution in [1.29, 1.82) is 0 Å². The predicted molar refractivity (Wildman–Crippen MR) is 119 cm³/mol. The van der Waals surface area contributed by atoms with Gasteiger partial charge in [-0.1, -0.05) is 23.4 Å². The van der Waals surface area contributed by atoms with Crippen LogP contribution in [-0.2, 0) is 11.8 Å². The summed E-state index contributed by atoms with van der Waals surface area (Å²) in [5.74, 6) is 0.369. The molecule has 1 atom stereocenters. The van der Waals surface area contributed by atoms with E-state index < -0.39 is 0 Å². The molecule has 0 aliphatic carbocycles. The first-order valence-corrected chi connectivity index (χ1v) is 11.2. The smallest absolute Gasteiger partial charge is 0.251 e. The Bertz CT molecular complexity index is 1040. The summed E-state index contributed by atoms with van der Waals surface area (Å²) < 4.78 is 1.77. The second-order valence-electron chi connectivity index (χ2n) is 6.60. The van der Waals surface area contributed by atoms with Crippen molar-refractivity contribution >= 4 is 51.6 Å². The van der Waals surface area contributed by atoms with Gasteiger partial charge in [0.25, 0.3) is 5.91 Å². The molecule has 0 fully saturated rings. The summed E-state index contributed by atoms with van der Waals surface area (Å²) in [4.78, 5) is 30.0. The maximum Gasteiger partial charge on any atom is 0.251 e. The van der Waals surface area contributed by atoms with E-state index in [-0.39, 0.29) is 23.6 Å². The molecule has 0 spiro atoms. The van der Waals surface area contributed by atoms with Crippen molar-refractivity contribution < 1.29 is 9.59 Å². The molecule has 0 aliphatic heterocycles. The molecule has 0 saturated carbocycles. The van der Waals surface area contributed by atoms with Crippen molar-refractivity contribution in [3.05, 3.63) is 51.2 Å². The number of thiazole rings is 1. The van der Waals surface area contributed by atoms with E-state index in [1.165, 1.54) is 23.1 Å². The average molecular weight is 465 g/mol. The molecule has 158 valence electrons. The number of halogens is 1. The fourth-order valence-electron chi connectivity index (χ4n) is 2.59. The molecule has 2 amide bonds. The highest BCUT2D eigenvalue weighted by Crippen LogP contribution is 2.23. The number of rotatable bonds is 7. The highest BCUT2D eigenvalue weighted by molar-refractivity contribution is 7.99. The SMILES string of the molecule is Cc1nc(NC(=O)CSc2nnc([C@@H](C)NC(=O)c3ccc(Cl)cc3)n2C)sc1C. The number of aromatic nitrogens is 4. The van der Waals surface area contributed by atoms with E-state index in [0.717, 1.165) is 10.6 Å². The fourth-order valence-corrected chi connectivity index (χ4v) is 4.26. The van der Waals surface area contributed by atoms with E-state index in [1.54, 1.807) is 35.9 Å². The third kappa shape index (κ3) is 5.38. The highest BCUT2D eigenvalue weighted by Gasteiger charge is 2.19. The van der Waals surface area contributed by atoms with Crippen LogP contribution in [0.25, 0.3) is 0 Å². The summed E-state index contributed by atoms with van der Waals surface area (Å²) in [5, 5.41) is 15.7. The molecule has 0 saturated heterocycles. The quantitative estimate of drug-likeness (QED) is 0.516. The summed E-state index contributed by atoms with van der Waals surface area (Å²) in [5.41, 5.74) is 1.42. The molecule has 0 bridgehead atoms. The van der Waals surface area contributed by atoms with Crippen LogP contribution in [0.5, 0.6) is 0 Å². The maximum atomic E-state index is 12.4. The molecule has 3 aromatic rings. The van der Waals surface area contributed by atoms with Crippen molar-refractivity contribution in [3.8, 4) is 0 Å². The molecule has 3 rings (SSSR count). The largest absolute Gasteiger partial charge is 0.342 e. The van der Waals surface area contributed by atoms with Crippen LogP contribution < -0.4 is 10.6 Å². The van der Waals surface area contributed by atoms with Gasteiger partial charge >= 0.3 is 0 Å². The zero-order valence-electron chi connectivity index (χ0n) is 16.9. The number of nitrogens with one attached hydrogen (secondary N) is 2. The van der Waals surface area contributed by atoms with Crippen LogP contribution in [0.1, 0.15) is 39.7 Å². The number of hydrogen-bond donors (Lipinski definition) is 2. The van der Waals surface area contributed by atoms with Gasteiger partial charge in [0.05, 0.1) is 17.5 Å². The number of amides is 2. The van der Waals surface area contributed by atoms with Crippen molar-refractivity contribution in [3.63, 3.8) is 0 Å². The Hall–Kier alpha value is -2.43. The van der Waals surface area contributed by atoms with Crippen molar-refractivity contribution in [2.75, 3.05) is 11.1 Å². The second kappa shape index (κ2) is 9.59. The van der Waals surface area contributed by atoms with Gasteiger partial charge in [0.2, 0.25) is 5.91 Å². The molecule has 0 aliphatic rings. The normalized spacial score (nSPS) is 11.9. The summed E-state index contributed by atoms with van der Waals surface area (Å²) in [6.07, 6.45) is 0. The third-order valence-corrected chi connectivity index (χ3v) is 6.58. The monoisotopic (exact) mass is 464 g/mol. The zero-order chi connectivity index (χ0) is 21.8. The van der Waals surface area contributed by atoms with Gasteiger partial charge in [0.1, 0.15) is 0 Å². The topological polar surface area (TPSA) is 102 Å². The molecule has 2 N–H and O–H groups in total. The molecule has 30 heavy (non-hydrogen) atoms. The average Bonchev–Trinajstić information content (AvgIpc) is 3.21. The van der Waals surface area contributed by atoms with Crippen LogP contribution in [0, 0.1) is 13.8 Å². The van der Waals surface area contributed by atoms with Crippen molar-refractivity contribution in [2.24, 2.45) is 7.05 Å². The summed E-state index contributed by atoms with van der Waals surface area (Å²) in [6.45, 7) is 5.70. The van der Waals surface area contributed by atoms with Crippen LogP contribution in [0.4, 0.5) is 5.13 Å². The van der Waals surface area contributed by atoms with E-state index in [2.05, 4.69) is 25.8 Å². The lowest BCUT2D eigenvalue weighted by atomic mass is 10.2. The first kappa shape index (κ1) is 22.3. The Morgan fingerprint density at radius 1 is 1.23 bits per heavy atom. The van der Waals surface area contributed by atoms with Crippen LogP contribution in [0.3, 0.4) is 0 Å². The lowest BCUT2D eigenvalue weighted by Crippen LogP contribution is -2.28. The predicted octanol–water partition coefficient (Wildman–Crippen LogP) is 3.76. The molecule has 2 heterocycles. The molecule has 2 aromatic heterocycles. The van der Waals surface area contributed by atoms with Gasteiger partial charge in [-0.2, -0.15) is 0 Å². The van der Waals surface area contributed by atoms with Crippen LogP contribution in [-0.4, -0.2) is 37.3 Å². The fraction of sp³-hybridized carbons (Fsp3) is 0.316. The third-order valence-electron chi connectivity index (χ3n) is 4.32. The van der Waals surface area contributed by atoms with E-state index in [9.17, 15) is 9.59 Å². The van der Waals surface area contributed by atoms with E-state index in [0.29, 0.717) is 26.7 Å². The van der Waals surface area contributed by atoms with Crippen molar-refractivity contribution in [2.45, 2.75) is 32.0 Å². The molecular weight excluding hydrogens is 444 g/mol. The first-order chi connectivity index (χ1) is 14.2. The second-order valence-corrected chi connectivity index (χ2v) is 9.18. The minimum Gasteiger partial charge on any atom is -0.342 e. The van der Waals surface area contributed by atoms with Gasteiger partial charge in [-0.3, -0.25) is 9.59 Å². The molecular formula is C19H21ClN6O2S2. The highest BCUT2D eigenvalue weighted by atomic mass is 35.5. The summed E-state index contributed by atoms with van der Waals surface area (Å²) in [7, 11) is 1.80. The number of benzene rings is 1. The number of thioether (sulfide) groups is 1. The Kier molecular flexibility index (Phi) is 7.11. The number of carbonyl (C=O) groups is 2. The molecule has 8 nitrogen and oxygen atoms in total. The Labute approximate surface area is 187 Å². The number of carbonyl (C=O) groups excluding carboxylic acids is 2. The number of nitrogens with zero attached hydrogens (tertiary/aromatic N) is 4. The van der Waals surface area contributed by atoms with Crippen molar-refractivity contribution in [1.82, 2.24) is 25.1 Å². The number of anilines is 1. The van der Waals surface area contributed by atoms with E-state index in [4.69, 9.17) is 11.6 Å². The van der Waals surface area contributed by atoms with Gasteiger partial charge in [-0.15, -0.1) is 21.5 Å². The number of hydrogen-bond acceptors (Lipinski definition) is 7. The summed E-state index contributed by atoms with van der Waals surface area (Å²) in [6, 6.07) is 6.28. The molecule has 1 aromatic carbocycles. The lowest BCUT2D eigenvalue weighted by Gasteiger charge is -2.13. The molecule has 0 radical (unpaired) electrons. The van der Waals surface area contributed by atoms with Gasteiger partial charge < -0.3 is 15.2 Å². The zero-order valence-corrected chi connectivity index (χ0v) is 19.3. The molecule has 0 unspecified atom stereocenters.